The summed E-state index contributed by atoms with van der Waals surface area (Å²) in [7, 11) is -5.97. The predicted octanol–water partition coefficient (Wildman–Crippen LogP) is 6.83. The third kappa shape index (κ3) is 8.45. The molecule has 248 valence electrons. The first-order valence-corrected chi connectivity index (χ1v) is 20.1. The van der Waals surface area contributed by atoms with Crippen molar-refractivity contribution in [3.63, 3.8) is 0 Å². The maximum absolute atomic E-state index is 14.9. The highest BCUT2D eigenvalue weighted by Gasteiger charge is 2.47. The summed E-state index contributed by atoms with van der Waals surface area (Å²) >= 11 is 0. The number of rotatable bonds is 9. The quantitative estimate of drug-likeness (QED) is 0.285. The number of carboxylic acid groups (broad SMARTS) is 1. The predicted molar refractivity (Wildman–Crippen MR) is 177 cm³/mol. The van der Waals surface area contributed by atoms with Crippen LogP contribution < -0.4 is 4.72 Å². The van der Waals surface area contributed by atoms with E-state index < -0.39 is 47.1 Å². The number of piperidine rings is 1. The number of likely N-dealkylation sites (tertiary alicyclic amines) is 1. The van der Waals surface area contributed by atoms with Crippen LogP contribution in [0.4, 0.5) is 9.18 Å². The molecular formula is C33H48FN3O6SSi. The number of sulfonamides is 1. The number of hydrogen-bond donors (Lipinski definition) is 2. The Morgan fingerprint density at radius 3 is 2.33 bits per heavy atom. The highest BCUT2D eigenvalue weighted by Crippen LogP contribution is 2.38. The van der Waals surface area contributed by atoms with Crippen molar-refractivity contribution in [2.75, 3.05) is 19.7 Å². The number of nitrogens with zero attached hydrogens (tertiary/aromatic N) is 2. The van der Waals surface area contributed by atoms with Gasteiger partial charge >= 0.3 is 6.09 Å². The number of carbonyl (C=O) groups is 1. The zero-order chi connectivity index (χ0) is 33.2. The van der Waals surface area contributed by atoms with Gasteiger partial charge in [-0.15, -0.1) is 0 Å². The minimum Gasteiger partial charge on any atom is -0.465 e. The van der Waals surface area contributed by atoms with Crippen molar-refractivity contribution in [2.24, 2.45) is 4.99 Å². The second-order valence-electron chi connectivity index (χ2n) is 14.2. The second-order valence-corrected chi connectivity index (χ2v) is 20.9. The van der Waals surface area contributed by atoms with Crippen LogP contribution in [-0.4, -0.2) is 69.4 Å². The molecule has 2 N–H and O–H groups in total. The van der Waals surface area contributed by atoms with Gasteiger partial charge in [0.1, 0.15) is 16.7 Å². The van der Waals surface area contributed by atoms with Crippen molar-refractivity contribution in [3.05, 3.63) is 71.0 Å². The van der Waals surface area contributed by atoms with Gasteiger partial charge in [0.05, 0.1) is 6.04 Å². The summed E-state index contributed by atoms with van der Waals surface area (Å²) in [6, 6.07) is 13.4. The maximum Gasteiger partial charge on any atom is 0.407 e. The number of benzene rings is 2. The number of aliphatic imine (C=N–C) groups is 1. The van der Waals surface area contributed by atoms with E-state index in [2.05, 4.69) is 43.6 Å². The van der Waals surface area contributed by atoms with Crippen LogP contribution in [0.1, 0.15) is 82.5 Å². The molecular weight excluding hydrogens is 614 g/mol. The molecule has 2 aliphatic heterocycles. The Hall–Kier alpha value is -2.96. The maximum atomic E-state index is 14.9. The SMILES string of the molecule is CC1(C)OC(=N[C@@H](CCO[Si](C)(C)C(C)(C)C)c2ccccc2F)NS(=O)(=O)C1Cc1ccc(C2CCN(C(=O)O)CC2)cc1. The van der Waals surface area contributed by atoms with E-state index in [9.17, 15) is 22.7 Å². The van der Waals surface area contributed by atoms with Crippen molar-refractivity contribution in [3.8, 4) is 0 Å². The van der Waals surface area contributed by atoms with Gasteiger partial charge in [0.15, 0.2) is 8.32 Å². The first-order valence-electron chi connectivity index (χ1n) is 15.6. The fraction of sp³-hybridized carbons (Fsp3) is 0.576. The lowest BCUT2D eigenvalue weighted by atomic mass is 9.88. The molecule has 2 fully saturated rings. The molecule has 2 aromatic carbocycles. The van der Waals surface area contributed by atoms with Gasteiger partial charge in [-0.1, -0.05) is 63.2 Å². The van der Waals surface area contributed by atoms with Gasteiger partial charge < -0.3 is 19.2 Å². The topological polar surface area (TPSA) is 118 Å². The molecule has 2 saturated heterocycles. The van der Waals surface area contributed by atoms with Crippen LogP contribution in [0.25, 0.3) is 0 Å². The van der Waals surface area contributed by atoms with E-state index in [-0.39, 0.29) is 23.4 Å². The highest BCUT2D eigenvalue weighted by atomic mass is 32.2. The number of hydrogen-bond acceptors (Lipinski definition) is 6. The van der Waals surface area contributed by atoms with Crippen molar-refractivity contribution >= 4 is 30.5 Å². The highest BCUT2D eigenvalue weighted by molar-refractivity contribution is 7.90. The Kier molecular flexibility index (Phi) is 10.4. The van der Waals surface area contributed by atoms with Crippen molar-refractivity contribution in [1.29, 1.82) is 0 Å². The number of nitrogens with one attached hydrogen (secondary N) is 1. The molecule has 0 saturated carbocycles. The summed E-state index contributed by atoms with van der Waals surface area (Å²) in [6.07, 6.45) is 1.21. The Morgan fingerprint density at radius 2 is 1.78 bits per heavy atom. The summed E-state index contributed by atoms with van der Waals surface area (Å²) in [5.41, 5.74) is 1.19. The average molecular weight is 662 g/mol. The standard InChI is InChI=1S/C33H48FN3O6SSi/c1-32(2,3)45(6,7)42-21-18-28(26-10-8-9-11-27(26)34)35-30-36-44(40,41)29(33(4,5)43-30)22-23-12-14-24(15-13-23)25-16-19-37(20-17-25)31(38)39/h8-15,25,28-29H,16-22H2,1-7H3,(H,35,36)(H,38,39)/t28-,29?/m0/s1. The summed E-state index contributed by atoms with van der Waals surface area (Å²) < 4.78 is 57.3. The van der Waals surface area contributed by atoms with Crippen LogP contribution in [0.2, 0.25) is 18.1 Å². The van der Waals surface area contributed by atoms with Crippen LogP contribution in [0.5, 0.6) is 0 Å². The van der Waals surface area contributed by atoms with E-state index in [1.807, 2.05) is 24.3 Å². The molecule has 1 amide bonds. The van der Waals surface area contributed by atoms with Crippen molar-refractivity contribution in [1.82, 2.24) is 9.62 Å². The molecule has 4 rings (SSSR count). The molecule has 2 atom stereocenters. The minimum absolute atomic E-state index is 0.00759. The van der Waals surface area contributed by atoms with Gasteiger partial charge in [0.2, 0.25) is 10.0 Å². The van der Waals surface area contributed by atoms with Gasteiger partial charge in [-0.05, 0) is 80.8 Å². The van der Waals surface area contributed by atoms with E-state index in [0.717, 1.165) is 24.0 Å². The minimum atomic E-state index is -3.91. The normalized spacial score (nSPS) is 22.0. The van der Waals surface area contributed by atoms with Gasteiger partial charge in [0.25, 0.3) is 6.02 Å². The van der Waals surface area contributed by atoms with Crippen LogP contribution in [0.15, 0.2) is 53.5 Å². The molecule has 0 aliphatic carbocycles. The first kappa shape index (κ1) is 34.9. The van der Waals surface area contributed by atoms with Crippen LogP contribution >= 0.6 is 0 Å². The zero-order valence-corrected chi connectivity index (χ0v) is 29.3. The lowest BCUT2D eigenvalue weighted by molar-refractivity contribution is 0.0759. The molecule has 0 radical (unpaired) electrons. The fourth-order valence-corrected chi connectivity index (χ4v) is 8.42. The van der Waals surface area contributed by atoms with E-state index in [4.69, 9.17) is 9.16 Å². The lowest BCUT2D eigenvalue weighted by Crippen LogP contribution is -2.59. The van der Waals surface area contributed by atoms with Gasteiger partial charge in [-0.3, -0.25) is 0 Å². The van der Waals surface area contributed by atoms with Crippen LogP contribution in [0, 0.1) is 5.82 Å². The zero-order valence-electron chi connectivity index (χ0n) is 27.5. The second kappa shape index (κ2) is 13.4. The van der Waals surface area contributed by atoms with Gasteiger partial charge in [0, 0.05) is 25.3 Å². The summed E-state index contributed by atoms with van der Waals surface area (Å²) in [4.78, 5) is 17.3. The molecule has 1 unspecified atom stereocenters. The van der Waals surface area contributed by atoms with E-state index in [1.54, 1.807) is 32.0 Å². The smallest absolute Gasteiger partial charge is 0.407 e. The van der Waals surface area contributed by atoms with Crippen molar-refractivity contribution in [2.45, 2.75) is 101 Å². The number of amides is 1. The molecule has 2 aromatic rings. The summed E-state index contributed by atoms with van der Waals surface area (Å²) in [6.45, 7) is 15.6. The van der Waals surface area contributed by atoms with Crippen LogP contribution in [0.3, 0.4) is 0 Å². The third-order valence-corrected chi connectivity index (χ3v) is 16.1. The average Bonchev–Trinajstić information content (AvgIpc) is 2.94. The van der Waals surface area contributed by atoms with E-state index in [0.29, 0.717) is 31.7 Å². The van der Waals surface area contributed by atoms with Gasteiger partial charge in [-0.2, -0.15) is 0 Å². The van der Waals surface area contributed by atoms with E-state index >= 15 is 0 Å². The molecule has 45 heavy (non-hydrogen) atoms. The van der Waals surface area contributed by atoms with Crippen LogP contribution in [-0.2, 0) is 25.6 Å². The Morgan fingerprint density at radius 1 is 1.16 bits per heavy atom. The fourth-order valence-electron chi connectivity index (χ4n) is 5.67. The van der Waals surface area contributed by atoms with E-state index in [1.165, 1.54) is 11.0 Å². The number of ether oxygens (including phenoxy) is 1. The molecule has 0 spiro atoms. The number of amidine groups is 1. The Labute approximate surface area is 268 Å². The molecule has 0 aromatic heterocycles. The lowest BCUT2D eigenvalue weighted by Gasteiger charge is -2.39. The molecule has 2 heterocycles. The Balaban J connectivity index is 1.49. The number of halogens is 1. The molecule has 12 heteroatoms. The molecule has 9 nitrogen and oxygen atoms in total. The first-order chi connectivity index (χ1) is 20.9. The Bertz CT molecular complexity index is 1480. The van der Waals surface area contributed by atoms with Gasteiger partial charge in [-0.25, -0.2) is 27.3 Å². The molecule has 2 aliphatic rings. The van der Waals surface area contributed by atoms with Crippen molar-refractivity contribution < 1.29 is 31.9 Å². The summed E-state index contributed by atoms with van der Waals surface area (Å²) in [5.74, 6) is -0.159. The largest absolute Gasteiger partial charge is 0.465 e. The third-order valence-electron chi connectivity index (χ3n) is 9.57. The molecule has 0 bridgehead atoms. The monoisotopic (exact) mass is 661 g/mol. The summed E-state index contributed by atoms with van der Waals surface area (Å²) in [5, 5.41) is 8.32.